The highest BCUT2D eigenvalue weighted by atomic mass is 16.5. The number of methoxy groups -OCH3 is 1. The third-order valence-electron chi connectivity index (χ3n) is 3.74. The molecule has 1 N–H and O–H groups in total. The highest BCUT2D eigenvalue weighted by Crippen LogP contribution is 2.17. The van der Waals surface area contributed by atoms with Gasteiger partial charge in [0.1, 0.15) is 5.76 Å². The molecule has 0 aromatic carbocycles. The minimum atomic E-state index is -0.342. The van der Waals surface area contributed by atoms with Crippen molar-refractivity contribution in [3.8, 4) is 6.01 Å². The summed E-state index contributed by atoms with van der Waals surface area (Å²) in [7, 11) is 1.51. The van der Waals surface area contributed by atoms with Crippen LogP contribution in [0.2, 0.25) is 0 Å². The normalized spacial score (nSPS) is 14.5. The fourth-order valence-corrected chi connectivity index (χ4v) is 2.52. The largest absolute Gasteiger partial charge is 0.467 e. The van der Waals surface area contributed by atoms with Crippen molar-refractivity contribution >= 4 is 11.9 Å². The lowest BCUT2D eigenvalue weighted by molar-refractivity contribution is 0.0940. The lowest BCUT2D eigenvalue weighted by Crippen LogP contribution is -2.32. The van der Waals surface area contributed by atoms with E-state index in [1.54, 1.807) is 13.0 Å². The summed E-state index contributed by atoms with van der Waals surface area (Å²) < 4.78 is 10.0. The molecule has 128 valence electrons. The molecule has 3 rings (SSSR count). The average Bonchev–Trinajstić information content (AvgIpc) is 3.06. The van der Waals surface area contributed by atoms with Crippen LogP contribution in [-0.4, -0.2) is 46.2 Å². The SMILES string of the molecule is COc1nc(CNC(=O)c2cc(C)on2)nc(N2CCCCC2)n1. The Kier molecular flexibility index (Phi) is 4.88. The molecule has 0 atom stereocenters. The number of amides is 1. The van der Waals surface area contributed by atoms with Gasteiger partial charge >= 0.3 is 6.01 Å². The van der Waals surface area contributed by atoms with E-state index in [4.69, 9.17) is 9.26 Å². The molecule has 1 saturated heterocycles. The molecule has 1 fully saturated rings. The average molecular weight is 332 g/mol. The molecule has 0 spiro atoms. The number of hydrogen-bond acceptors (Lipinski definition) is 8. The van der Waals surface area contributed by atoms with Gasteiger partial charge in [-0.3, -0.25) is 4.79 Å². The number of carbonyl (C=O) groups is 1. The van der Waals surface area contributed by atoms with Crippen molar-refractivity contribution < 1.29 is 14.1 Å². The van der Waals surface area contributed by atoms with E-state index in [0.717, 1.165) is 25.9 Å². The predicted octanol–water partition coefficient (Wildman–Crippen LogP) is 1.10. The molecule has 0 aliphatic carbocycles. The summed E-state index contributed by atoms with van der Waals surface area (Å²) in [5, 5.41) is 6.40. The number of anilines is 1. The minimum Gasteiger partial charge on any atom is -0.467 e. The molecule has 9 heteroatoms. The lowest BCUT2D eigenvalue weighted by Gasteiger charge is -2.26. The van der Waals surface area contributed by atoms with Crippen molar-refractivity contribution in [3.63, 3.8) is 0 Å². The molecule has 0 radical (unpaired) electrons. The number of carbonyl (C=O) groups excluding carboxylic acids is 1. The van der Waals surface area contributed by atoms with Crippen LogP contribution in [0.4, 0.5) is 5.95 Å². The van der Waals surface area contributed by atoms with E-state index in [-0.39, 0.29) is 24.2 Å². The highest BCUT2D eigenvalue weighted by molar-refractivity contribution is 5.92. The zero-order valence-corrected chi connectivity index (χ0v) is 13.8. The van der Waals surface area contributed by atoms with Crippen molar-refractivity contribution in [2.75, 3.05) is 25.1 Å². The number of aryl methyl sites for hydroxylation is 1. The molecule has 2 aromatic heterocycles. The first kappa shape index (κ1) is 16.2. The Labute approximate surface area is 139 Å². The number of aromatic nitrogens is 4. The molecule has 24 heavy (non-hydrogen) atoms. The number of nitrogens with zero attached hydrogens (tertiary/aromatic N) is 5. The zero-order chi connectivity index (χ0) is 16.9. The monoisotopic (exact) mass is 332 g/mol. The number of piperidine rings is 1. The second-order valence-electron chi connectivity index (χ2n) is 5.59. The summed E-state index contributed by atoms with van der Waals surface area (Å²) in [5.74, 6) is 1.26. The smallest absolute Gasteiger partial charge is 0.321 e. The van der Waals surface area contributed by atoms with Crippen LogP contribution in [-0.2, 0) is 6.54 Å². The first-order valence-electron chi connectivity index (χ1n) is 7.91. The number of ether oxygens (including phenoxy) is 1. The van der Waals surface area contributed by atoms with Gasteiger partial charge in [-0.25, -0.2) is 0 Å². The van der Waals surface area contributed by atoms with Crippen LogP contribution in [0, 0.1) is 6.92 Å². The molecule has 9 nitrogen and oxygen atoms in total. The Hall–Kier alpha value is -2.71. The second kappa shape index (κ2) is 7.24. The van der Waals surface area contributed by atoms with Crippen molar-refractivity contribution in [1.29, 1.82) is 0 Å². The summed E-state index contributed by atoms with van der Waals surface area (Å²) in [6.45, 7) is 3.71. The quantitative estimate of drug-likeness (QED) is 0.867. The molecule has 3 heterocycles. The number of nitrogens with one attached hydrogen (secondary N) is 1. The van der Waals surface area contributed by atoms with Gasteiger partial charge in [0.05, 0.1) is 13.7 Å². The van der Waals surface area contributed by atoms with Gasteiger partial charge in [0.25, 0.3) is 5.91 Å². The Morgan fingerprint density at radius 3 is 2.75 bits per heavy atom. The van der Waals surface area contributed by atoms with Crippen LogP contribution in [0.15, 0.2) is 10.6 Å². The Balaban J connectivity index is 1.71. The highest BCUT2D eigenvalue weighted by Gasteiger charge is 2.17. The molecule has 0 saturated carbocycles. The molecule has 0 unspecified atom stereocenters. The molecule has 1 aliphatic heterocycles. The fraction of sp³-hybridized carbons (Fsp3) is 0.533. The Morgan fingerprint density at radius 2 is 2.08 bits per heavy atom. The maximum absolute atomic E-state index is 12.0. The zero-order valence-electron chi connectivity index (χ0n) is 13.8. The van der Waals surface area contributed by atoms with Crippen molar-refractivity contribution in [2.24, 2.45) is 0 Å². The van der Waals surface area contributed by atoms with Crippen LogP contribution in [0.3, 0.4) is 0 Å². The first-order chi connectivity index (χ1) is 11.7. The van der Waals surface area contributed by atoms with E-state index >= 15 is 0 Å². The van der Waals surface area contributed by atoms with E-state index < -0.39 is 0 Å². The third-order valence-corrected chi connectivity index (χ3v) is 3.74. The van der Waals surface area contributed by atoms with Crippen LogP contribution in [0.5, 0.6) is 6.01 Å². The van der Waals surface area contributed by atoms with Crippen molar-refractivity contribution in [2.45, 2.75) is 32.7 Å². The van der Waals surface area contributed by atoms with E-state index in [0.29, 0.717) is 17.5 Å². The second-order valence-corrected chi connectivity index (χ2v) is 5.59. The molecular weight excluding hydrogens is 312 g/mol. The minimum absolute atomic E-state index is 0.157. The van der Waals surface area contributed by atoms with Gasteiger partial charge in [0, 0.05) is 19.2 Å². The first-order valence-corrected chi connectivity index (χ1v) is 7.91. The number of hydrogen-bond donors (Lipinski definition) is 1. The van der Waals surface area contributed by atoms with E-state index in [1.165, 1.54) is 13.5 Å². The number of rotatable bonds is 5. The van der Waals surface area contributed by atoms with Gasteiger partial charge in [-0.1, -0.05) is 5.16 Å². The summed E-state index contributed by atoms with van der Waals surface area (Å²) in [6.07, 6.45) is 3.45. The molecule has 0 bridgehead atoms. The van der Waals surface area contributed by atoms with Crippen LogP contribution < -0.4 is 15.0 Å². The van der Waals surface area contributed by atoms with Crippen LogP contribution in [0.25, 0.3) is 0 Å². The van der Waals surface area contributed by atoms with Gasteiger partial charge < -0.3 is 19.5 Å². The summed E-state index contributed by atoms with van der Waals surface area (Å²) >= 11 is 0. The summed E-state index contributed by atoms with van der Waals surface area (Å²) in [4.78, 5) is 27.1. The molecular formula is C15H20N6O3. The van der Waals surface area contributed by atoms with Crippen LogP contribution >= 0.6 is 0 Å². The topological polar surface area (TPSA) is 106 Å². The summed E-state index contributed by atoms with van der Waals surface area (Å²) in [5.41, 5.74) is 0.227. The summed E-state index contributed by atoms with van der Waals surface area (Å²) in [6, 6.07) is 1.81. The van der Waals surface area contributed by atoms with E-state index in [1.807, 2.05) is 0 Å². The fourth-order valence-electron chi connectivity index (χ4n) is 2.52. The van der Waals surface area contributed by atoms with Gasteiger partial charge in [0.15, 0.2) is 11.5 Å². The standard InChI is InChI=1S/C15H20N6O3/c1-10-8-11(20-24-10)13(22)16-9-12-17-14(19-15(18-12)23-2)21-6-4-3-5-7-21/h8H,3-7,9H2,1-2H3,(H,16,22). The van der Waals surface area contributed by atoms with Gasteiger partial charge in [-0.05, 0) is 26.2 Å². The van der Waals surface area contributed by atoms with E-state index in [9.17, 15) is 4.79 Å². The maximum Gasteiger partial charge on any atom is 0.321 e. The van der Waals surface area contributed by atoms with Crippen molar-refractivity contribution in [3.05, 3.63) is 23.3 Å². The van der Waals surface area contributed by atoms with Crippen LogP contribution in [0.1, 0.15) is 41.3 Å². The molecule has 2 aromatic rings. The molecule has 1 amide bonds. The predicted molar refractivity (Wildman–Crippen MR) is 84.9 cm³/mol. The third kappa shape index (κ3) is 3.79. The maximum atomic E-state index is 12.0. The van der Waals surface area contributed by atoms with Gasteiger partial charge in [-0.15, -0.1) is 0 Å². The Morgan fingerprint density at radius 1 is 1.29 bits per heavy atom. The lowest BCUT2D eigenvalue weighted by atomic mass is 10.1. The van der Waals surface area contributed by atoms with Crippen molar-refractivity contribution in [1.82, 2.24) is 25.4 Å². The molecule has 1 aliphatic rings. The van der Waals surface area contributed by atoms with E-state index in [2.05, 4.69) is 30.3 Å². The Bertz CT molecular complexity index is 711. The van der Waals surface area contributed by atoms with Gasteiger partial charge in [0.2, 0.25) is 5.95 Å². The van der Waals surface area contributed by atoms with Gasteiger partial charge in [-0.2, -0.15) is 15.0 Å².